The number of amides is 1. The van der Waals surface area contributed by atoms with Crippen LogP contribution < -0.4 is 15.5 Å². The molecule has 1 saturated carbocycles. The summed E-state index contributed by atoms with van der Waals surface area (Å²) in [5.41, 5.74) is 0.712. The molecule has 2 aromatic rings. The lowest BCUT2D eigenvalue weighted by molar-refractivity contribution is 0.0943. The van der Waals surface area contributed by atoms with Crippen LogP contribution in [0, 0.1) is 12.8 Å². The average molecular weight is 446 g/mol. The van der Waals surface area contributed by atoms with Crippen molar-refractivity contribution in [2.75, 3.05) is 30.9 Å². The van der Waals surface area contributed by atoms with Crippen molar-refractivity contribution in [2.24, 2.45) is 5.92 Å². The topological polar surface area (TPSA) is 70.2 Å². The molecule has 2 N–H and O–H groups in total. The first-order valence-electron chi connectivity index (χ1n) is 9.69. The minimum absolute atomic E-state index is 0.000327. The molecule has 1 amide bonds. The molecule has 6 nitrogen and oxygen atoms in total. The maximum Gasteiger partial charge on any atom is 0.251 e. The zero-order valence-corrected chi connectivity index (χ0v) is 18.2. The fourth-order valence-electron chi connectivity index (χ4n) is 3.52. The first-order chi connectivity index (χ1) is 13.4. The van der Waals surface area contributed by atoms with E-state index in [0.717, 1.165) is 36.7 Å². The van der Waals surface area contributed by atoms with Crippen LogP contribution in [0.5, 0.6) is 0 Å². The number of benzene rings is 1. The third kappa shape index (κ3) is 5.44. The third-order valence-electron chi connectivity index (χ3n) is 5.08. The molecule has 3 unspecified atom stereocenters. The molecule has 1 aromatic carbocycles. The van der Waals surface area contributed by atoms with Crippen LogP contribution in [0.15, 0.2) is 36.4 Å². The number of hydrogen-bond acceptors (Lipinski definition) is 5. The number of halogens is 1. The average Bonchev–Trinajstić information content (AvgIpc) is 2.68. The van der Waals surface area contributed by atoms with Gasteiger partial charge in [0.15, 0.2) is 0 Å². The van der Waals surface area contributed by atoms with Crippen molar-refractivity contribution in [1.82, 2.24) is 15.3 Å². The first kappa shape index (κ1) is 20.6. The molecule has 0 bridgehead atoms. The Kier molecular flexibility index (Phi) is 6.88. The quantitative estimate of drug-likeness (QED) is 0.664. The molecule has 1 aliphatic rings. The van der Waals surface area contributed by atoms with Crippen LogP contribution >= 0.6 is 15.9 Å². The highest BCUT2D eigenvalue weighted by atomic mass is 79.9. The second kappa shape index (κ2) is 9.37. The number of carbonyl (C=O) groups excluding carboxylic acids is 1. The second-order valence-corrected chi connectivity index (χ2v) is 8.75. The predicted octanol–water partition coefficient (Wildman–Crippen LogP) is 3.63. The summed E-state index contributed by atoms with van der Waals surface area (Å²) in [4.78, 5) is 23.5. The molecule has 1 heterocycles. The molecule has 0 saturated heterocycles. The largest absolute Gasteiger partial charge is 0.366 e. The van der Waals surface area contributed by atoms with Crippen LogP contribution in [0.2, 0.25) is 0 Å². The van der Waals surface area contributed by atoms with Gasteiger partial charge in [-0.2, -0.15) is 0 Å². The molecule has 1 aliphatic carbocycles. The van der Waals surface area contributed by atoms with Gasteiger partial charge >= 0.3 is 0 Å². The highest BCUT2D eigenvalue weighted by Gasteiger charge is 2.29. The van der Waals surface area contributed by atoms with Gasteiger partial charge in [-0.15, -0.1) is 0 Å². The van der Waals surface area contributed by atoms with Crippen molar-refractivity contribution >= 4 is 33.5 Å². The molecule has 3 atom stereocenters. The van der Waals surface area contributed by atoms with Gasteiger partial charge < -0.3 is 15.5 Å². The zero-order chi connectivity index (χ0) is 20.1. The van der Waals surface area contributed by atoms with Gasteiger partial charge in [0.05, 0.1) is 0 Å². The summed E-state index contributed by atoms with van der Waals surface area (Å²) in [5, 5.41) is 6.64. The van der Waals surface area contributed by atoms with Crippen molar-refractivity contribution in [3.8, 4) is 0 Å². The Labute approximate surface area is 175 Å². The van der Waals surface area contributed by atoms with E-state index in [0.29, 0.717) is 28.9 Å². The first-order valence-corrected chi connectivity index (χ1v) is 10.6. The Bertz CT molecular complexity index is 799. The Morgan fingerprint density at radius 1 is 1.21 bits per heavy atom. The number of nitrogens with zero attached hydrogens (tertiary/aromatic N) is 3. The molecular formula is C21H28BrN5O. The summed E-state index contributed by atoms with van der Waals surface area (Å²) in [6.07, 6.45) is 3.11. The lowest BCUT2D eigenvalue weighted by atomic mass is 9.85. The summed E-state index contributed by atoms with van der Waals surface area (Å²) >= 11 is 3.84. The number of alkyl halides is 1. The lowest BCUT2D eigenvalue weighted by Gasteiger charge is -2.34. The van der Waals surface area contributed by atoms with E-state index in [1.165, 1.54) is 0 Å². The van der Waals surface area contributed by atoms with Gasteiger partial charge in [-0.3, -0.25) is 4.79 Å². The van der Waals surface area contributed by atoms with Crippen molar-refractivity contribution in [2.45, 2.75) is 37.1 Å². The van der Waals surface area contributed by atoms with Crippen LogP contribution in [0.4, 0.5) is 11.6 Å². The van der Waals surface area contributed by atoms with E-state index < -0.39 is 0 Å². The van der Waals surface area contributed by atoms with Crippen molar-refractivity contribution < 1.29 is 4.79 Å². The summed E-state index contributed by atoms with van der Waals surface area (Å²) in [5.74, 6) is 3.00. The summed E-state index contributed by atoms with van der Waals surface area (Å²) < 4.78 is 0. The highest BCUT2D eigenvalue weighted by molar-refractivity contribution is 9.09. The van der Waals surface area contributed by atoms with Crippen molar-refractivity contribution in [1.29, 1.82) is 0 Å². The zero-order valence-electron chi connectivity index (χ0n) is 16.7. The standard InChI is InChI=1S/C21H28BrN5O/c1-14-24-19(12-20(25-14)27(2)3)26-18-10-9-15(11-17(18)22)13-23-21(28)16-7-5-4-6-8-16/h4-8,12,15,17-18H,9-11,13H2,1-3H3,(H,23,28)(H,24,25,26). The lowest BCUT2D eigenvalue weighted by Crippen LogP contribution is -2.40. The maximum absolute atomic E-state index is 12.2. The van der Waals surface area contributed by atoms with Crippen LogP contribution in [0.1, 0.15) is 35.4 Å². The van der Waals surface area contributed by atoms with E-state index in [1.54, 1.807) is 0 Å². The molecule has 1 aromatic heterocycles. The highest BCUT2D eigenvalue weighted by Crippen LogP contribution is 2.31. The van der Waals surface area contributed by atoms with Gasteiger partial charge in [0.1, 0.15) is 17.5 Å². The SMILES string of the molecule is Cc1nc(NC2CCC(CNC(=O)c3ccccc3)CC2Br)cc(N(C)C)n1. The van der Waals surface area contributed by atoms with Gasteiger partial charge in [0, 0.05) is 43.1 Å². The van der Waals surface area contributed by atoms with Crippen LogP contribution in [0.3, 0.4) is 0 Å². The number of aromatic nitrogens is 2. The second-order valence-electron chi connectivity index (χ2n) is 7.57. The van der Waals surface area contributed by atoms with Gasteiger partial charge in [-0.25, -0.2) is 9.97 Å². The van der Waals surface area contributed by atoms with E-state index in [2.05, 4.69) is 36.5 Å². The normalized spacial score (nSPS) is 21.8. The van der Waals surface area contributed by atoms with E-state index in [9.17, 15) is 4.79 Å². The minimum Gasteiger partial charge on any atom is -0.366 e. The molecule has 3 rings (SSSR count). The van der Waals surface area contributed by atoms with Crippen LogP contribution in [0.25, 0.3) is 0 Å². The number of carbonyl (C=O) groups is 1. The van der Waals surface area contributed by atoms with E-state index in [4.69, 9.17) is 0 Å². The van der Waals surface area contributed by atoms with Crippen LogP contribution in [-0.4, -0.2) is 47.4 Å². The third-order valence-corrected chi connectivity index (χ3v) is 6.10. The number of anilines is 2. The van der Waals surface area contributed by atoms with Gasteiger partial charge in [0.2, 0.25) is 0 Å². The number of aryl methyl sites for hydroxylation is 1. The van der Waals surface area contributed by atoms with E-state index in [-0.39, 0.29) is 5.91 Å². The monoisotopic (exact) mass is 445 g/mol. The molecule has 1 fully saturated rings. The summed E-state index contributed by atoms with van der Waals surface area (Å²) in [6, 6.07) is 11.7. The van der Waals surface area contributed by atoms with Gasteiger partial charge in [-0.1, -0.05) is 34.1 Å². The van der Waals surface area contributed by atoms with Crippen LogP contribution in [-0.2, 0) is 0 Å². The molecular weight excluding hydrogens is 418 g/mol. The van der Waals surface area contributed by atoms with Gasteiger partial charge in [-0.05, 0) is 44.2 Å². The Balaban J connectivity index is 1.52. The summed E-state index contributed by atoms with van der Waals surface area (Å²) in [7, 11) is 3.96. The smallest absolute Gasteiger partial charge is 0.251 e. The molecule has 150 valence electrons. The number of rotatable bonds is 6. The Morgan fingerprint density at radius 2 is 1.96 bits per heavy atom. The fraction of sp³-hybridized carbons (Fsp3) is 0.476. The van der Waals surface area contributed by atoms with E-state index >= 15 is 0 Å². The van der Waals surface area contributed by atoms with Crippen molar-refractivity contribution in [3.63, 3.8) is 0 Å². The fourth-order valence-corrected chi connectivity index (χ4v) is 4.44. The number of nitrogens with one attached hydrogen (secondary N) is 2. The Morgan fingerprint density at radius 3 is 2.64 bits per heavy atom. The molecule has 0 radical (unpaired) electrons. The maximum atomic E-state index is 12.2. The summed E-state index contributed by atoms with van der Waals surface area (Å²) in [6.45, 7) is 2.62. The number of hydrogen-bond donors (Lipinski definition) is 2. The minimum atomic E-state index is -0.000327. The molecule has 28 heavy (non-hydrogen) atoms. The predicted molar refractivity (Wildman–Crippen MR) is 117 cm³/mol. The molecule has 0 spiro atoms. The molecule has 0 aliphatic heterocycles. The van der Waals surface area contributed by atoms with Gasteiger partial charge in [0.25, 0.3) is 5.91 Å². The van der Waals surface area contributed by atoms with E-state index in [1.807, 2.05) is 62.3 Å². The Hall–Kier alpha value is -2.15. The van der Waals surface area contributed by atoms with Crippen molar-refractivity contribution in [3.05, 3.63) is 47.8 Å². The molecule has 7 heteroatoms.